The van der Waals surface area contributed by atoms with Gasteiger partial charge in [0.25, 0.3) is 0 Å². The Hall–Kier alpha value is -0.790. The standard InChI is InChI=1S/C15H28N2/c1-3-5-7-9-11-14-13-16-17-15(14)12-10-8-6-4-2/h13H,3-12H2,1-2H3,(H,16,17). The first kappa shape index (κ1) is 14.3. The van der Waals surface area contributed by atoms with Crippen LogP contribution >= 0.6 is 0 Å². The summed E-state index contributed by atoms with van der Waals surface area (Å²) in [5.74, 6) is 0. The van der Waals surface area contributed by atoms with E-state index < -0.39 is 0 Å². The van der Waals surface area contributed by atoms with Gasteiger partial charge in [0.05, 0.1) is 5.69 Å². The molecule has 2 nitrogen and oxygen atoms in total. The highest BCUT2D eigenvalue weighted by atomic mass is 15.1. The summed E-state index contributed by atoms with van der Waals surface area (Å²) in [7, 11) is 0. The molecule has 1 rings (SSSR count). The van der Waals surface area contributed by atoms with Crippen LogP contribution in [0.25, 0.3) is 0 Å². The van der Waals surface area contributed by atoms with Crippen LogP contribution in [0.3, 0.4) is 0 Å². The predicted octanol–water partition coefficient (Wildman–Crippen LogP) is 4.66. The summed E-state index contributed by atoms with van der Waals surface area (Å²) in [6.45, 7) is 4.52. The molecule has 1 aromatic heterocycles. The van der Waals surface area contributed by atoms with Crippen LogP contribution in [0.15, 0.2) is 6.20 Å². The van der Waals surface area contributed by atoms with Crippen molar-refractivity contribution in [2.75, 3.05) is 0 Å². The molecule has 0 radical (unpaired) electrons. The molecule has 0 atom stereocenters. The van der Waals surface area contributed by atoms with Gasteiger partial charge in [-0.15, -0.1) is 0 Å². The van der Waals surface area contributed by atoms with Crippen LogP contribution in [0.4, 0.5) is 0 Å². The van der Waals surface area contributed by atoms with Crippen molar-refractivity contribution >= 4 is 0 Å². The van der Waals surface area contributed by atoms with E-state index in [2.05, 4.69) is 30.2 Å². The molecular weight excluding hydrogens is 208 g/mol. The molecule has 0 saturated heterocycles. The van der Waals surface area contributed by atoms with Crippen molar-refractivity contribution < 1.29 is 0 Å². The molecule has 1 N–H and O–H groups in total. The Morgan fingerprint density at radius 3 is 2.18 bits per heavy atom. The van der Waals surface area contributed by atoms with Crippen molar-refractivity contribution in [1.29, 1.82) is 0 Å². The number of aromatic nitrogens is 2. The number of hydrogen-bond donors (Lipinski definition) is 1. The van der Waals surface area contributed by atoms with Gasteiger partial charge in [0, 0.05) is 6.20 Å². The van der Waals surface area contributed by atoms with E-state index in [1.165, 1.54) is 69.0 Å². The van der Waals surface area contributed by atoms with E-state index in [0.717, 1.165) is 6.42 Å². The van der Waals surface area contributed by atoms with Crippen molar-refractivity contribution in [2.24, 2.45) is 0 Å². The molecule has 0 amide bonds. The minimum atomic E-state index is 1.16. The molecule has 0 spiro atoms. The van der Waals surface area contributed by atoms with Gasteiger partial charge in [0.1, 0.15) is 0 Å². The van der Waals surface area contributed by atoms with Gasteiger partial charge in [-0.25, -0.2) is 0 Å². The zero-order valence-electron chi connectivity index (χ0n) is 11.6. The number of rotatable bonds is 10. The zero-order valence-corrected chi connectivity index (χ0v) is 11.6. The number of unbranched alkanes of at least 4 members (excludes halogenated alkanes) is 6. The van der Waals surface area contributed by atoms with E-state index in [9.17, 15) is 0 Å². The van der Waals surface area contributed by atoms with Crippen molar-refractivity contribution in [2.45, 2.75) is 78.1 Å². The maximum Gasteiger partial charge on any atom is 0.0654 e. The molecule has 0 aromatic carbocycles. The van der Waals surface area contributed by atoms with Crippen LogP contribution < -0.4 is 0 Å². The SMILES string of the molecule is CCCCCCc1c[nH]nc1CCCCCC. The van der Waals surface area contributed by atoms with Crippen LogP contribution in [0, 0.1) is 0 Å². The Balaban J connectivity index is 2.22. The van der Waals surface area contributed by atoms with E-state index in [1.807, 2.05) is 0 Å². The largest absolute Gasteiger partial charge is 0.285 e. The smallest absolute Gasteiger partial charge is 0.0654 e. The van der Waals surface area contributed by atoms with Crippen LogP contribution in [0.5, 0.6) is 0 Å². The minimum Gasteiger partial charge on any atom is -0.285 e. The molecule has 0 saturated carbocycles. The second-order valence-corrected chi connectivity index (χ2v) is 4.98. The van der Waals surface area contributed by atoms with Crippen LogP contribution in [0.1, 0.15) is 76.5 Å². The van der Waals surface area contributed by atoms with E-state index in [-0.39, 0.29) is 0 Å². The second kappa shape index (κ2) is 9.26. The van der Waals surface area contributed by atoms with Crippen molar-refractivity contribution in [1.82, 2.24) is 10.2 Å². The molecular formula is C15H28N2. The number of aromatic amines is 1. The van der Waals surface area contributed by atoms with Gasteiger partial charge < -0.3 is 0 Å². The van der Waals surface area contributed by atoms with Gasteiger partial charge in [0.15, 0.2) is 0 Å². The molecule has 98 valence electrons. The summed E-state index contributed by atoms with van der Waals surface area (Å²) < 4.78 is 0. The molecule has 1 heterocycles. The van der Waals surface area contributed by atoms with E-state index in [1.54, 1.807) is 0 Å². The molecule has 0 aliphatic carbocycles. The number of H-pyrrole nitrogens is 1. The summed E-state index contributed by atoms with van der Waals surface area (Å²) in [5.41, 5.74) is 2.77. The van der Waals surface area contributed by atoms with Gasteiger partial charge in [0.2, 0.25) is 0 Å². The Kier molecular flexibility index (Phi) is 7.78. The van der Waals surface area contributed by atoms with E-state index in [4.69, 9.17) is 0 Å². The van der Waals surface area contributed by atoms with Gasteiger partial charge in [-0.05, 0) is 31.2 Å². The molecule has 0 unspecified atom stereocenters. The number of hydrogen-bond acceptors (Lipinski definition) is 1. The fourth-order valence-corrected chi connectivity index (χ4v) is 2.24. The average molecular weight is 236 g/mol. The first-order valence-electron chi connectivity index (χ1n) is 7.40. The Morgan fingerprint density at radius 2 is 1.53 bits per heavy atom. The van der Waals surface area contributed by atoms with E-state index >= 15 is 0 Å². The van der Waals surface area contributed by atoms with Crippen molar-refractivity contribution in [3.8, 4) is 0 Å². The fourth-order valence-electron chi connectivity index (χ4n) is 2.24. The van der Waals surface area contributed by atoms with Crippen molar-refractivity contribution in [3.05, 3.63) is 17.5 Å². The molecule has 0 aliphatic heterocycles. The van der Waals surface area contributed by atoms with Crippen molar-refractivity contribution in [3.63, 3.8) is 0 Å². The zero-order chi connectivity index (χ0) is 12.3. The molecule has 0 bridgehead atoms. The molecule has 0 fully saturated rings. The molecule has 1 aromatic rings. The normalized spacial score (nSPS) is 10.9. The third kappa shape index (κ3) is 5.90. The highest BCUT2D eigenvalue weighted by Gasteiger charge is 2.04. The molecule has 17 heavy (non-hydrogen) atoms. The van der Waals surface area contributed by atoms with Crippen LogP contribution in [-0.4, -0.2) is 10.2 Å². The predicted molar refractivity (Wildman–Crippen MR) is 74.3 cm³/mol. The van der Waals surface area contributed by atoms with Gasteiger partial charge >= 0.3 is 0 Å². The number of nitrogens with zero attached hydrogens (tertiary/aromatic N) is 1. The highest BCUT2D eigenvalue weighted by molar-refractivity contribution is 5.16. The first-order valence-corrected chi connectivity index (χ1v) is 7.40. The Bertz CT molecular complexity index is 252. The summed E-state index contributed by atoms with van der Waals surface area (Å²) in [5, 5.41) is 7.42. The lowest BCUT2D eigenvalue weighted by Crippen LogP contribution is -1.93. The lowest BCUT2D eigenvalue weighted by molar-refractivity contribution is 0.646. The van der Waals surface area contributed by atoms with Crippen LogP contribution in [-0.2, 0) is 12.8 Å². The molecule has 2 heteroatoms. The highest BCUT2D eigenvalue weighted by Crippen LogP contribution is 2.13. The quantitative estimate of drug-likeness (QED) is 0.588. The summed E-state index contributed by atoms with van der Waals surface area (Å²) in [6, 6.07) is 0. The Labute approximate surface area is 106 Å². The van der Waals surface area contributed by atoms with Crippen LogP contribution in [0.2, 0.25) is 0 Å². The van der Waals surface area contributed by atoms with Gasteiger partial charge in [-0.3, -0.25) is 5.10 Å². The minimum absolute atomic E-state index is 1.16. The summed E-state index contributed by atoms with van der Waals surface area (Å²) >= 11 is 0. The lowest BCUT2D eigenvalue weighted by Gasteiger charge is -2.02. The average Bonchev–Trinajstić information content (AvgIpc) is 2.78. The van der Waals surface area contributed by atoms with E-state index in [0.29, 0.717) is 0 Å². The topological polar surface area (TPSA) is 28.7 Å². The van der Waals surface area contributed by atoms with Gasteiger partial charge in [-0.1, -0.05) is 52.4 Å². The number of nitrogens with one attached hydrogen (secondary N) is 1. The third-order valence-electron chi connectivity index (χ3n) is 3.38. The molecule has 0 aliphatic rings. The summed E-state index contributed by atoms with van der Waals surface area (Å²) in [4.78, 5) is 0. The maximum atomic E-state index is 4.39. The second-order valence-electron chi connectivity index (χ2n) is 4.98. The third-order valence-corrected chi connectivity index (χ3v) is 3.38. The number of aryl methyl sites for hydroxylation is 2. The monoisotopic (exact) mass is 236 g/mol. The Morgan fingerprint density at radius 1 is 0.882 bits per heavy atom. The van der Waals surface area contributed by atoms with Gasteiger partial charge in [-0.2, -0.15) is 5.10 Å². The first-order chi connectivity index (χ1) is 8.38. The fraction of sp³-hybridized carbons (Fsp3) is 0.800. The lowest BCUT2D eigenvalue weighted by atomic mass is 10.0. The summed E-state index contributed by atoms with van der Waals surface area (Å²) in [6.07, 6.45) is 15.1. The maximum absolute atomic E-state index is 4.39.